The van der Waals surface area contributed by atoms with E-state index in [-0.39, 0.29) is 12.5 Å². The summed E-state index contributed by atoms with van der Waals surface area (Å²) in [4.78, 5) is 11.3. The van der Waals surface area contributed by atoms with Gasteiger partial charge in [-0.15, -0.1) is 0 Å². The van der Waals surface area contributed by atoms with Crippen molar-refractivity contribution in [2.45, 2.75) is 19.4 Å². The standard InChI is InChI=1S/C10H10F4N2O/c1-2-6(15)10(17)16-9-7(13)4(11)3-5(12)8(9)14/h3,6H,2,15H2,1H3,(H,16,17)/t6-/m1/s1. The van der Waals surface area contributed by atoms with Gasteiger partial charge in [0.25, 0.3) is 0 Å². The number of nitrogens with one attached hydrogen (secondary N) is 1. The number of rotatable bonds is 3. The number of nitrogens with two attached hydrogens (primary N) is 1. The van der Waals surface area contributed by atoms with Crippen LogP contribution in [-0.4, -0.2) is 11.9 Å². The number of hydrogen-bond acceptors (Lipinski definition) is 2. The van der Waals surface area contributed by atoms with E-state index in [2.05, 4.69) is 0 Å². The molecule has 0 aliphatic carbocycles. The summed E-state index contributed by atoms with van der Waals surface area (Å²) in [6, 6.07) is -0.958. The van der Waals surface area contributed by atoms with Crippen molar-refractivity contribution in [1.29, 1.82) is 0 Å². The Morgan fingerprint density at radius 3 is 2.18 bits per heavy atom. The van der Waals surface area contributed by atoms with Gasteiger partial charge in [0, 0.05) is 6.07 Å². The van der Waals surface area contributed by atoms with Gasteiger partial charge in [0.05, 0.1) is 6.04 Å². The fourth-order valence-corrected chi connectivity index (χ4v) is 1.08. The molecule has 0 aliphatic heterocycles. The molecule has 17 heavy (non-hydrogen) atoms. The predicted octanol–water partition coefficient (Wildman–Crippen LogP) is 1.92. The van der Waals surface area contributed by atoms with Crippen LogP contribution < -0.4 is 11.1 Å². The van der Waals surface area contributed by atoms with Crippen LogP contribution in [0.2, 0.25) is 0 Å². The number of hydrogen-bond donors (Lipinski definition) is 2. The molecule has 0 spiro atoms. The lowest BCUT2D eigenvalue weighted by atomic mass is 10.2. The second kappa shape index (κ2) is 5.13. The summed E-state index contributed by atoms with van der Waals surface area (Å²) in [6.07, 6.45) is 0.215. The largest absolute Gasteiger partial charge is 0.320 e. The third kappa shape index (κ3) is 2.73. The first kappa shape index (κ1) is 13.4. The fraction of sp³-hybridized carbons (Fsp3) is 0.300. The van der Waals surface area contributed by atoms with Gasteiger partial charge in [0.2, 0.25) is 5.91 Å². The number of anilines is 1. The van der Waals surface area contributed by atoms with Crippen molar-refractivity contribution in [3.8, 4) is 0 Å². The number of amides is 1. The van der Waals surface area contributed by atoms with Crippen LogP contribution in [0.15, 0.2) is 6.07 Å². The van der Waals surface area contributed by atoms with Gasteiger partial charge in [-0.05, 0) is 6.42 Å². The lowest BCUT2D eigenvalue weighted by Gasteiger charge is -2.12. The highest BCUT2D eigenvalue weighted by Gasteiger charge is 2.22. The van der Waals surface area contributed by atoms with Crippen molar-refractivity contribution in [3.05, 3.63) is 29.3 Å². The van der Waals surface area contributed by atoms with E-state index in [9.17, 15) is 22.4 Å². The SMILES string of the molecule is CC[C@@H](N)C(=O)Nc1c(F)c(F)cc(F)c1F. The van der Waals surface area contributed by atoms with Crippen molar-refractivity contribution < 1.29 is 22.4 Å². The van der Waals surface area contributed by atoms with Crippen molar-refractivity contribution in [1.82, 2.24) is 0 Å². The zero-order chi connectivity index (χ0) is 13.2. The lowest BCUT2D eigenvalue weighted by molar-refractivity contribution is -0.117. The molecule has 3 nitrogen and oxygen atoms in total. The molecule has 0 unspecified atom stereocenters. The molecular weight excluding hydrogens is 240 g/mol. The molecule has 0 heterocycles. The maximum atomic E-state index is 13.1. The molecule has 0 saturated carbocycles. The maximum Gasteiger partial charge on any atom is 0.241 e. The van der Waals surface area contributed by atoms with E-state index in [1.165, 1.54) is 0 Å². The Morgan fingerprint density at radius 2 is 1.76 bits per heavy atom. The van der Waals surface area contributed by atoms with E-state index in [1.807, 2.05) is 0 Å². The van der Waals surface area contributed by atoms with E-state index in [0.717, 1.165) is 0 Å². The van der Waals surface area contributed by atoms with E-state index in [0.29, 0.717) is 0 Å². The molecule has 0 radical (unpaired) electrons. The van der Waals surface area contributed by atoms with Crippen LogP contribution in [0.1, 0.15) is 13.3 Å². The average molecular weight is 250 g/mol. The van der Waals surface area contributed by atoms with Crippen LogP contribution in [0.5, 0.6) is 0 Å². The Balaban J connectivity index is 3.10. The van der Waals surface area contributed by atoms with Crippen LogP contribution in [0, 0.1) is 23.3 Å². The summed E-state index contributed by atoms with van der Waals surface area (Å²) in [6.45, 7) is 1.57. The summed E-state index contributed by atoms with van der Waals surface area (Å²) in [5.74, 6) is -7.44. The first-order valence-electron chi connectivity index (χ1n) is 4.77. The minimum atomic E-state index is -1.67. The van der Waals surface area contributed by atoms with E-state index in [4.69, 9.17) is 5.73 Å². The molecule has 7 heteroatoms. The van der Waals surface area contributed by atoms with Crippen molar-refractivity contribution in [3.63, 3.8) is 0 Å². The first-order valence-corrected chi connectivity index (χ1v) is 4.77. The topological polar surface area (TPSA) is 55.1 Å². The average Bonchev–Trinajstić information content (AvgIpc) is 2.30. The van der Waals surface area contributed by atoms with Crippen molar-refractivity contribution in [2.75, 3.05) is 5.32 Å². The van der Waals surface area contributed by atoms with Crippen LogP contribution in [-0.2, 0) is 4.79 Å². The second-order valence-electron chi connectivity index (χ2n) is 3.35. The highest BCUT2D eigenvalue weighted by Crippen LogP contribution is 2.24. The van der Waals surface area contributed by atoms with Gasteiger partial charge in [0.15, 0.2) is 23.3 Å². The molecule has 1 atom stereocenters. The Kier molecular flexibility index (Phi) is 4.06. The zero-order valence-corrected chi connectivity index (χ0v) is 8.86. The number of benzene rings is 1. The van der Waals surface area contributed by atoms with Gasteiger partial charge in [-0.1, -0.05) is 6.92 Å². The molecule has 0 saturated heterocycles. The Labute approximate surface area is 94.6 Å². The van der Waals surface area contributed by atoms with E-state index >= 15 is 0 Å². The summed E-state index contributed by atoms with van der Waals surface area (Å²) in [5.41, 5.74) is 4.13. The maximum absolute atomic E-state index is 13.1. The van der Waals surface area contributed by atoms with Crippen LogP contribution in [0.4, 0.5) is 23.2 Å². The first-order chi connectivity index (χ1) is 7.88. The predicted molar refractivity (Wildman–Crippen MR) is 53.2 cm³/mol. The molecule has 94 valence electrons. The number of halogens is 4. The van der Waals surface area contributed by atoms with Gasteiger partial charge in [-0.2, -0.15) is 0 Å². The lowest BCUT2D eigenvalue weighted by Crippen LogP contribution is -2.35. The van der Waals surface area contributed by atoms with Crippen LogP contribution in [0.3, 0.4) is 0 Å². The van der Waals surface area contributed by atoms with Crippen LogP contribution in [0.25, 0.3) is 0 Å². The molecular formula is C10H10F4N2O. The summed E-state index contributed by atoms with van der Waals surface area (Å²) < 4.78 is 51.8. The number of carbonyl (C=O) groups excluding carboxylic acids is 1. The van der Waals surface area contributed by atoms with Gasteiger partial charge in [-0.3, -0.25) is 4.79 Å². The molecule has 0 fully saturated rings. The summed E-state index contributed by atoms with van der Waals surface area (Å²) in [7, 11) is 0. The van der Waals surface area contributed by atoms with Gasteiger partial charge in [-0.25, -0.2) is 17.6 Å². The molecule has 1 rings (SSSR count). The molecule has 0 aliphatic rings. The Hall–Kier alpha value is -1.63. The van der Waals surface area contributed by atoms with E-state index in [1.54, 1.807) is 12.2 Å². The molecule has 3 N–H and O–H groups in total. The molecule has 0 bridgehead atoms. The molecule has 1 aromatic rings. The van der Waals surface area contributed by atoms with Crippen molar-refractivity contribution in [2.24, 2.45) is 5.73 Å². The van der Waals surface area contributed by atoms with E-state index < -0.39 is 40.9 Å². The zero-order valence-electron chi connectivity index (χ0n) is 8.86. The Morgan fingerprint density at radius 1 is 1.29 bits per heavy atom. The minimum Gasteiger partial charge on any atom is -0.320 e. The highest BCUT2D eigenvalue weighted by molar-refractivity contribution is 5.94. The molecule has 1 amide bonds. The third-order valence-electron chi connectivity index (χ3n) is 2.14. The minimum absolute atomic E-state index is 0.0556. The quantitative estimate of drug-likeness (QED) is 0.636. The van der Waals surface area contributed by atoms with Crippen molar-refractivity contribution >= 4 is 11.6 Å². The second-order valence-corrected chi connectivity index (χ2v) is 3.35. The smallest absolute Gasteiger partial charge is 0.241 e. The fourth-order valence-electron chi connectivity index (χ4n) is 1.08. The van der Waals surface area contributed by atoms with Gasteiger partial charge >= 0.3 is 0 Å². The number of carbonyl (C=O) groups is 1. The molecule has 1 aromatic carbocycles. The summed E-state index contributed by atoms with van der Waals surface area (Å²) >= 11 is 0. The third-order valence-corrected chi connectivity index (χ3v) is 2.14. The van der Waals surface area contributed by atoms with Gasteiger partial charge < -0.3 is 11.1 Å². The monoisotopic (exact) mass is 250 g/mol. The normalized spacial score (nSPS) is 12.4. The van der Waals surface area contributed by atoms with Gasteiger partial charge in [0.1, 0.15) is 5.69 Å². The summed E-state index contributed by atoms with van der Waals surface area (Å²) in [5, 5.41) is 1.72. The Bertz CT molecular complexity index is 424. The van der Waals surface area contributed by atoms with Crippen LogP contribution >= 0.6 is 0 Å². The molecule has 0 aromatic heterocycles. The highest BCUT2D eigenvalue weighted by atomic mass is 19.2.